The van der Waals surface area contributed by atoms with Gasteiger partial charge in [-0.25, -0.2) is 4.99 Å². The average Bonchev–Trinajstić information content (AvgIpc) is 3.16. The van der Waals surface area contributed by atoms with E-state index in [0.717, 1.165) is 56.6 Å². The summed E-state index contributed by atoms with van der Waals surface area (Å²) in [5, 5.41) is 3.27. The van der Waals surface area contributed by atoms with Gasteiger partial charge in [0.25, 0.3) is 6.02 Å². The minimum absolute atomic E-state index is 0.0393. The number of aliphatic imine (C=N–C) groups is 1. The second-order valence-corrected chi connectivity index (χ2v) is 10.8. The number of amidine groups is 1. The Bertz CT molecular complexity index is 918. The molecule has 7 nitrogen and oxygen atoms in total. The van der Waals surface area contributed by atoms with Crippen molar-refractivity contribution in [2.24, 2.45) is 22.1 Å². The van der Waals surface area contributed by atoms with Crippen LogP contribution in [0.4, 0.5) is 0 Å². The van der Waals surface area contributed by atoms with Crippen molar-refractivity contribution in [3.05, 3.63) is 29.3 Å². The Balaban J connectivity index is 1.48. The minimum Gasteiger partial charge on any atom is -0.490 e. The highest BCUT2D eigenvalue weighted by Crippen LogP contribution is 2.53. The molecule has 1 unspecified atom stereocenters. The first-order valence-electron chi connectivity index (χ1n) is 11.9. The van der Waals surface area contributed by atoms with Gasteiger partial charge in [0.15, 0.2) is 0 Å². The first-order valence-corrected chi connectivity index (χ1v) is 11.9. The van der Waals surface area contributed by atoms with Crippen LogP contribution >= 0.6 is 0 Å². The molecular weight excluding hydrogens is 406 g/mol. The lowest BCUT2D eigenvalue weighted by Crippen LogP contribution is -2.55. The molecule has 0 radical (unpaired) electrons. The van der Waals surface area contributed by atoms with Gasteiger partial charge in [-0.05, 0) is 55.7 Å². The first-order chi connectivity index (χ1) is 15.3. The minimum atomic E-state index is -0.561. The number of ether oxygens (including phenoxy) is 3. The molecule has 4 aliphatic rings. The van der Waals surface area contributed by atoms with Crippen molar-refractivity contribution in [1.29, 1.82) is 0 Å². The van der Waals surface area contributed by atoms with Gasteiger partial charge in [0.05, 0.1) is 0 Å². The molecule has 3 aliphatic heterocycles. The van der Waals surface area contributed by atoms with Gasteiger partial charge in [-0.2, -0.15) is 0 Å². The van der Waals surface area contributed by atoms with Crippen LogP contribution in [0.2, 0.25) is 0 Å². The van der Waals surface area contributed by atoms with Gasteiger partial charge in [0, 0.05) is 36.2 Å². The summed E-state index contributed by atoms with van der Waals surface area (Å²) in [7, 11) is 0. The van der Waals surface area contributed by atoms with Crippen LogP contribution in [0.3, 0.4) is 0 Å². The number of carbonyl (C=O) groups excluding carboxylic acids is 1. The Hall–Kier alpha value is -2.28. The van der Waals surface area contributed by atoms with Crippen LogP contribution in [-0.2, 0) is 19.8 Å². The lowest BCUT2D eigenvalue weighted by atomic mass is 9.66. The standard InChI is InChI=1S/C25H35N3O4/c1-24(2,3)22(29)27-17-5-7-21-19(13-17)25(14-31-23(26)28-25)18-12-16(4-6-20(18)32-21)15-8-10-30-11-9-15/h4,6,12,15,17,19,21H,5,7-11,13-14H2,1-3H3,(H2,26,28)(H,27,29)/t17-,19+,21+,25?/m0/s1. The Kier molecular flexibility index (Phi) is 5.35. The Labute approximate surface area is 190 Å². The van der Waals surface area contributed by atoms with Crippen LogP contribution in [0.25, 0.3) is 0 Å². The van der Waals surface area contributed by atoms with E-state index in [0.29, 0.717) is 12.5 Å². The van der Waals surface area contributed by atoms with Crippen molar-refractivity contribution < 1.29 is 19.0 Å². The molecule has 1 saturated carbocycles. The molecule has 1 aromatic carbocycles. The summed E-state index contributed by atoms with van der Waals surface area (Å²) < 4.78 is 17.9. The number of benzene rings is 1. The second-order valence-electron chi connectivity index (χ2n) is 10.8. The van der Waals surface area contributed by atoms with E-state index in [1.807, 2.05) is 20.8 Å². The lowest BCUT2D eigenvalue weighted by Gasteiger charge is -2.48. The fraction of sp³-hybridized carbons (Fsp3) is 0.680. The van der Waals surface area contributed by atoms with E-state index >= 15 is 0 Å². The van der Waals surface area contributed by atoms with Crippen molar-refractivity contribution >= 4 is 11.9 Å². The Morgan fingerprint density at radius 1 is 1.19 bits per heavy atom. The number of hydrogen-bond donors (Lipinski definition) is 2. The molecule has 2 fully saturated rings. The maximum atomic E-state index is 12.7. The highest BCUT2D eigenvalue weighted by molar-refractivity contribution is 5.81. The van der Waals surface area contributed by atoms with Crippen molar-refractivity contribution in [2.45, 2.75) is 76.5 Å². The van der Waals surface area contributed by atoms with Crippen LogP contribution in [0.15, 0.2) is 23.2 Å². The third-order valence-electron chi connectivity index (χ3n) is 7.61. The SMILES string of the molecule is CC(C)(C)C(=O)N[C@H]1CC[C@H]2Oc3ccc(C4CCOCC4)cc3C3(COC(N)=N3)[C@@H]2C1. The zero-order chi connectivity index (χ0) is 22.5. The van der Waals surface area contributed by atoms with Crippen molar-refractivity contribution in [1.82, 2.24) is 5.32 Å². The van der Waals surface area contributed by atoms with E-state index in [1.54, 1.807) is 0 Å². The zero-order valence-electron chi connectivity index (χ0n) is 19.4. The molecule has 174 valence electrons. The number of rotatable bonds is 2. The van der Waals surface area contributed by atoms with E-state index in [2.05, 4.69) is 23.5 Å². The maximum Gasteiger partial charge on any atom is 0.283 e. The fourth-order valence-corrected chi connectivity index (χ4v) is 5.73. The summed E-state index contributed by atoms with van der Waals surface area (Å²) in [5.74, 6) is 1.55. The summed E-state index contributed by atoms with van der Waals surface area (Å²) >= 11 is 0. The normalized spacial score (nSPS) is 32.3. The molecule has 7 heteroatoms. The molecule has 0 aromatic heterocycles. The molecule has 1 spiro atoms. The zero-order valence-corrected chi connectivity index (χ0v) is 19.4. The van der Waals surface area contributed by atoms with Crippen LogP contribution < -0.4 is 15.8 Å². The van der Waals surface area contributed by atoms with E-state index in [-0.39, 0.29) is 30.0 Å². The fourth-order valence-electron chi connectivity index (χ4n) is 5.73. The third-order valence-corrected chi connectivity index (χ3v) is 7.61. The molecule has 5 rings (SSSR count). The highest BCUT2D eigenvalue weighted by atomic mass is 16.5. The van der Waals surface area contributed by atoms with Crippen LogP contribution in [0, 0.1) is 11.3 Å². The van der Waals surface area contributed by atoms with Crippen molar-refractivity contribution in [3.8, 4) is 5.75 Å². The van der Waals surface area contributed by atoms with Crippen molar-refractivity contribution in [3.63, 3.8) is 0 Å². The van der Waals surface area contributed by atoms with Crippen LogP contribution in [0.5, 0.6) is 5.75 Å². The average molecular weight is 442 g/mol. The van der Waals surface area contributed by atoms with Gasteiger partial charge in [0.2, 0.25) is 5.91 Å². The van der Waals surface area contributed by atoms with Gasteiger partial charge in [-0.1, -0.05) is 26.8 Å². The number of fused-ring (bicyclic) bond motifs is 4. The van der Waals surface area contributed by atoms with E-state index in [9.17, 15) is 4.79 Å². The number of nitrogens with two attached hydrogens (primary N) is 1. The largest absolute Gasteiger partial charge is 0.490 e. The van der Waals surface area contributed by atoms with Gasteiger partial charge in [-0.3, -0.25) is 4.79 Å². The van der Waals surface area contributed by atoms with Crippen molar-refractivity contribution in [2.75, 3.05) is 19.8 Å². The summed E-state index contributed by atoms with van der Waals surface area (Å²) in [6.45, 7) is 7.87. The quantitative estimate of drug-likeness (QED) is 0.735. The van der Waals surface area contributed by atoms with Gasteiger partial charge in [-0.15, -0.1) is 0 Å². The first kappa shape index (κ1) is 21.6. The predicted molar refractivity (Wildman–Crippen MR) is 122 cm³/mol. The maximum absolute atomic E-state index is 12.7. The third kappa shape index (κ3) is 3.74. The molecule has 1 aliphatic carbocycles. The van der Waals surface area contributed by atoms with Gasteiger partial charge >= 0.3 is 0 Å². The molecule has 3 heterocycles. The number of nitrogens with zero attached hydrogens (tertiary/aromatic N) is 1. The molecule has 1 amide bonds. The van der Waals surface area contributed by atoms with E-state index < -0.39 is 11.0 Å². The van der Waals surface area contributed by atoms with E-state index in [1.165, 1.54) is 5.56 Å². The lowest BCUT2D eigenvalue weighted by molar-refractivity contribution is -0.130. The molecular formula is C25H35N3O4. The van der Waals surface area contributed by atoms with Gasteiger partial charge < -0.3 is 25.3 Å². The predicted octanol–water partition coefficient (Wildman–Crippen LogP) is 3.21. The summed E-state index contributed by atoms with van der Waals surface area (Å²) in [6.07, 6.45) is 4.67. The summed E-state index contributed by atoms with van der Waals surface area (Å²) in [4.78, 5) is 17.6. The molecule has 0 bridgehead atoms. The number of carbonyl (C=O) groups is 1. The highest BCUT2D eigenvalue weighted by Gasteiger charge is 2.55. The molecule has 1 saturated heterocycles. The van der Waals surface area contributed by atoms with Crippen LogP contribution in [-0.4, -0.2) is 43.9 Å². The monoisotopic (exact) mass is 441 g/mol. The van der Waals surface area contributed by atoms with E-state index in [4.69, 9.17) is 24.9 Å². The second kappa shape index (κ2) is 7.94. The smallest absolute Gasteiger partial charge is 0.283 e. The number of hydrogen-bond acceptors (Lipinski definition) is 6. The molecule has 1 aromatic rings. The molecule has 3 N–H and O–H groups in total. The molecule has 4 atom stereocenters. The van der Waals surface area contributed by atoms with Crippen LogP contribution in [0.1, 0.15) is 69.9 Å². The molecule has 32 heavy (non-hydrogen) atoms. The number of nitrogens with one attached hydrogen (secondary N) is 1. The Morgan fingerprint density at radius 2 is 1.97 bits per heavy atom. The van der Waals surface area contributed by atoms with Gasteiger partial charge in [0.1, 0.15) is 24.0 Å². The number of amides is 1. The topological polar surface area (TPSA) is 95.2 Å². The summed E-state index contributed by atoms with van der Waals surface area (Å²) in [5.41, 5.74) is 7.48. The summed E-state index contributed by atoms with van der Waals surface area (Å²) in [6, 6.07) is 6.91. The Morgan fingerprint density at radius 3 is 2.66 bits per heavy atom.